The third-order valence-electron chi connectivity index (χ3n) is 3.18. The second-order valence-electron chi connectivity index (χ2n) is 4.62. The topological polar surface area (TPSA) is 56.3 Å². The molecule has 1 aromatic heterocycles. The highest BCUT2D eigenvalue weighted by atomic mass is 16.5. The number of aryl methyl sites for hydroxylation is 1. The van der Waals surface area contributed by atoms with Crippen molar-refractivity contribution in [1.82, 2.24) is 9.97 Å². The van der Waals surface area contributed by atoms with Crippen LogP contribution in [0.15, 0.2) is 24.3 Å². The molecule has 5 nitrogen and oxygen atoms in total. The minimum absolute atomic E-state index is 0.691. The van der Waals surface area contributed by atoms with Gasteiger partial charge in [-0.1, -0.05) is 6.92 Å². The van der Waals surface area contributed by atoms with Crippen LogP contribution in [0.5, 0.6) is 11.5 Å². The van der Waals surface area contributed by atoms with Gasteiger partial charge in [-0.15, -0.1) is 0 Å². The second-order valence-corrected chi connectivity index (χ2v) is 4.62. The highest BCUT2D eigenvalue weighted by Crippen LogP contribution is 2.32. The minimum atomic E-state index is 0.691. The molecule has 0 saturated heterocycles. The number of aromatic nitrogens is 2. The average molecular weight is 287 g/mol. The third-order valence-corrected chi connectivity index (χ3v) is 3.18. The van der Waals surface area contributed by atoms with Gasteiger partial charge >= 0.3 is 0 Å². The molecule has 1 aromatic carbocycles. The quantitative estimate of drug-likeness (QED) is 0.884. The molecule has 0 saturated carbocycles. The van der Waals surface area contributed by atoms with Crippen molar-refractivity contribution in [1.29, 1.82) is 0 Å². The molecule has 1 heterocycles. The first-order valence-electron chi connectivity index (χ1n) is 7.00. The fraction of sp³-hybridized carbons (Fsp3) is 0.375. The molecule has 2 rings (SSSR count). The molecule has 0 spiro atoms. The van der Waals surface area contributed by atoms with Crippen molar-refractivity contribution in [2.24, 2.45) is 0 Å². The van der Waals surface area contributed by atoms with E-state index < -0.39 is 0 Å². The number of ether oxygens (including phenoxy) is 2. The zero-order valence-electron chi connectivity index (χ0n) is 12.9. The van der Waals surface area contributed by atoms with Gasteiger partial charge in [0.15, 0.2) is 11.5 Å². The summed E-state index contributed by atoms with van der Waals surface area (Å²) in [5, 5.41) is 3.08. The Labute approximate surface area is 125 Å². The van der Waals surface area contributed by atoms with Gasteiger partial charge in [0.2, 0.25) is 0 Å². The lowest BCUT2D eigenvalue weighted by molar-refractivity contribution is 0.355. The Hall–Kier alpha value is -2.30. The van der Waals surface area contributed by atoms with Crippen molar-refractivity contribution in [3.05, 3.63) is 30.1 Å². The average Bonchev–Trinajstić information content (AvgIpc) is 2.54. The predicted octanol–water partition coefficient (Wildman–Crippen LogP) is 3.16. The number of anilines is 1. The Bertz CT molecular complexity index is 614. The molecule has 1 N–H and O–H groups in total. The molecule has 0 aliphatic carbocycles. The fourth-order valence-electron chi connectivity index (χ4n) is 2.10. The lowest BCUT2D eigenvalue weighted by atomic mass is 10.1. The van der Waals surface area contributed by atoms with Gasteiger partial charge in [-0.2, -0.15) is 0 Å². The van der Waals surface area contributed by atoms with Crippen molar-refractivity contribution in [3.8, 4) is 22.8 Å². The number of nitrogens with one attached hydrogen (secondary N) is 1. The number of nitrogens with zero attached hydrogens (tertiary/aromatic N) is 2. The Balaban J connectivity index is 2.47. The number of hydrogen-bond acceptors (Lipinski definition) is 5. The van der Waals surface area contributed by atoms with Crippen molar-refractivity contribution in [3.63, 3.8) is 0 Å². The van der Waals surface area contributed by atoms with Crippen LogP contribution < -0.4 is 14.8 Å². The first-order valence-corrected chi connectivity index (χ1v) is 7.00. The van der Waals surface area contributed by atoms with Crippen LogP contribution >= 0.6 is 0 Å². The van der Waals surface area contributed by atoms with Gasteiger partial charge in [0.05, 0.1) is 19.9 Å². The lowest BCUT2D eigenvalue weighted by Gasteiger charge is -2.11. The minimum Gasteiger partial charge on any atom is -0.493 e. The molecular weight excluding hydrogens is 266 g/mol. The van der Waals surface area contributed by atoms with E-state index in [4.69, 9.17) is 9.47 Å². The van der Waals surface area contributed by atoms with E-state index in [0.717, 1.165) is 35.7 Å². The largest absolute Gasteiger partial charge is 0.493 e. The smallest absolute Gasteiger partial charge is 0.161 e. The van der Waals surface area contributed by atoms with Crippen LogP contribution in [0, 0.1) is 0 Å². The van der Waals surface area contributed by atoms with E-state index in [1.807, 2.05) is 31.3 Å². The summed E-state index contributed by atoms with van der Waals surface area (Å²) in [4.78, 5) is 9.09. The van der Waals surface area contributed by atoms with Gasteiger partial charge in [-0.3, -0.25) is 0 Å². The van der Waals surface area contributed by atoms with E-state index in [9.17, 15) is 0 Å². The fourth-order valence-corrected chi connectivity index (χ4v) is 2.10. The summed E-state index contributed by atoms with van der Waals surface area (Å²) in [5.74, 6) is 3.06. The summed E-state index contributed by atoms with van der Waals surface area (Å²) in [6.07, 6.45) is 1.87. The normalized spacial score (nSPS) is 10.3. The van der Waals surface area contributed by atoms with E-state index in [0.29, 0.717) is 11.5 Å². The summed E-state index contributed by atoms with van der Waals surface area (Å²) in [7, 11) is 5.11. The summed E-state index contributed by atoms with van der Waals surface area (Å²) in [6, 6.07) is 7.71. The van der Waals surface area contributed by atoms with Crippen LogP contribution in [0.2, 0.25) is 0 Å². The Morgan fingerprint density at radius 3 is 2.43 bits per heavy atom. The molecule has 0 amide bonds. The molecule has 0 aliphatic heterocycles. The maximum absolute atomic E-state index is 5.35. The van der Waals surface area contributed by atoms with Crippen molar-refractivity contribution in [2.45, 2.75) is 19.8 Å². The molecule has 0 aliphatic rings. The first kappa shape index (κ1) is 15.1. The summed E-state index contributed by atoms with van der Waals surface area (Å²) in [5.41, 5.74) is 1.85. The predicted molar refractivity (Wildman–Crippen MR) is 84.1 cm³/mol. The summed E-state index contributed by atoms with van der Waals surface area (Å²) < 4.78 is 10.6. The van der Waals surface area contributed by atoms with Crippen molar-refractivity contribution < 1.29 is 9.47 Å². The molecule has 0 atom stereocenters. The van der Waals surface area contributed by atoms with E-state index in [1.54, 1.807) is 14.2 Å². The summed E-state index contributed by atoms with van der Waals surface area (Å²) in [6.45, 7) is 2.12. The van der Waals surface area contributed by atoms with Crippen molar-refractivity contribution in [2.75, 3.05) is 26.6 Å². The van der Waals surface area contributed by atoms with Crippen LogP contribution in [-0.4, -0.2) is 31.2 Å². The molecule has 0 fully saturated rings. The zero-order chi connectivity index (χ0) is 15.2. The van der Waals surface area contributed by atoms with Crippen LogP contribution in [0.3, 0.4) is 0 Å². The molecule has 0 bridgehead atoms. The van der Waals surface area contributed by atoms with Crippen LogP contribution in [-0.2, 0) is 6.42 Å². The van der Waals surface area contributed by atoms with Gasteiger partial charge in [-0.05, 0) is 24.6 Å². The molecule has 2 aromatic rings. The second kappa shape index (κ2) is 6.92. The number of benzene rings is 1. The van der Waals surface area contributed by atoms with E-state index in [2.05, 4.69) is 22.2 Å². The van der Waals surface area contributed by atoms with Gasteiger partial charge in [0, 0.05) is 25.1 Å². The number of rotatable bonds is 6. The van der Waals surface area contributed by atoms with Crippen LogP contribution in [0.4, 0.5) is 5.82 Å². The highest BCUT2D eigenvalue weighted by Gasteiger charge is 2.10. The Morgan fingerprint density at radius 1 is 1.05 bits per heavy atom. The zero-order valence-corrected chi connectivity index (χ0v) is 12.9. The van der Waals surface area contributed by atoms with Crippen molar-refractivity contribution >= 4 is 5.82 Å². The Morgan fingerprint density at radius 2 is 1.81 bits per heavy atom. The molecular formula is C16H21N3O2. The first-order chi connectivity index (χ1) is 10.2. The van der Waals surface area contributed by atoms with Crippen LogP contribution in [0.25, 0.3) is 11.3 Å². The van der Waals surface area contributed by atoms with E-state index in [-0.39, 0.29) is 0 Å². The molecule has 5 heteroatoms. The molecule has 21 heavy (non-hydrogen) atoms. The number of methoxy groups -OCH3 is 2. The summed E-state index contributed by atoms with van der Waals surface area (Å²) >= 11 is 0. The maximum Gasteiger partial charge on any atom is 0.161 e. The SMILES string of the molecule is CCCc1nc(NC)cc(-c2ccc(OC)c(OC)c2)n1. The Kier molecular flexibility index (Phi) is 4.98. The molecule has 0 radical (unpaired) electrons. The van der Waals surface area contributed by atoms with Gasteiger partial charge in [0.25, 0.3) is 0 Å². The van der Waals surface area contributed by atoms with Gasteiger partial charge < -0.3 is 14.8 Å². The highest BCUT2D eigenvalue weighted by molar-refractivity contribution is 5.66. The van der Waals surface area contributed by atoms with Gasteiger partial charge in [0.1, 0.15) is 11.6 Å². The molecule has 112 valence electrons. The number of hydrogen-bond donors (Lipinski definition) is 1. The van der Waals surface area contributed by atoms with Crippen LogP contribution in [0.1, 0.15) is 19.2 Å². The standard InChI is InChI=1S/C16H21N3O2/c1-5-6-15-18-12(10-16(17-2)19-15)11-7-8-13(20-3)14(9-11)21-4/h7-10H,5-6H2,1-4H3,(H,17,18,19). The van der Waals surface area contributed by atoms with E-state index >= 15 is 0 Å². The monoisotopic (exact) mass is 287 g/mol. The lowest BCUT2D eigenvalue weighted by Crippen LogP contribution is -2.02. The van der Waals surface area contributed by atoms with Gasteiger partial charge in [-0.25, -0.2) is 9.97 Å². The van der Waals surface area contributed by atoms with E-state index in [1.165, 1.54) is 0 Å². The maximum atomic E-state index is 5.35. The molecule has 0 unspecified atom stereocenters. The third kappa shape index (κ3) is 3.42.